The van der Waals surface area contributed by atoms with Crippen molar-refractivity contribution in [1.29, 1.82) is 0 Å². The van der Waals surface area contributed by atoms with Crippen LogP contribution in [0.4, 0.5) is 0 Å². The molecule has 25 heavy (non-hydrogen) atoms. The van der Waals surface area contributed by atoms with Crippen molar-refractivity contribution >= 4 is 0 Å². The van der Waals surface area contributed by atoms with Crippen molar-refractivity contribution in [2.24, 2.45) is 0 Å². The fourth-order valence-electron chi connectivity index (χ4n) is 2.87. The van der Waals surface area contributed by atoms with Gasteiger partial charge in [-0.05, 0) is 11.1 Å². The zero-order valence-corrected chi connectivity index (χ0v) is 14.3. The topological polar surface area (TPSA) is 57.2 Å². The zero-order chi connectivity index (χ0) is 17.5. The van der Waals surface area contributed by atoms with Crippen LogP contribution in [0.5, 0.6) is 0 Å². The quantitative estimate of drug-likeness (QED) is 0.797. The summed E-state index contributed by atoms with van der Waals surface area (Å²) in [6, 6.07) is 19.8. The molecule has 0 bridgehead atoms. The predicted octanol–water partition coefficient (Wildman–Crippen LogP) is 2.52. The van der Waals surface area contributed by atoms with E-state index in [1.54, 1.807) is 0 Å². The highest BCUT2D eigenvalue weighted by Crippen LogP contribution is 2.26. The lowest BCUT2D eigenvalue weighted by atomic mass is 10.1. The molecule has 1 heterocycles. The second kappa shape index (κ2) is 9.08. The fraction of sp³-hybridized carbons (Fsp3) is 0.400. The van der Waals surface area contributed by atoms with Gasteiger partial charge in [0.2, 0.25) is 0 Å². The van der Waals surface area contributed by atoms with Crippen LogP contribution in [-0.4, -0.2) is 43.4 Å². The van der Waals surface area contributed by atoms with Crippen LogP contribution in [-0.2, 0) is 32.2 Å². The molecule has 1 saturated heterocycles. The van der Waals surface area contributed by atoms with Gasteiger partial charge in [0, 0.05) is 7.11 Å². The molecule has 134 valence electrons. The summed E-state index contributed by atoms with van der Waals surface area (Å²) in [6.45, 7) is 1.21. The molecule has 1 unspecified atom stereocenters. The summed E-state index contributed by atoms with van der Waals surface area (Å²) in [4.78, 5) is 0. The van der Waals surface area contributed by atoms with Gasteiger partial charge in [-0.25, -0.2) is 0 Å². The molecule has 0 spiro atoms. The normalized spacial score (nSPS) is 26.0. The highest BCUT2D eigenvalue weighted by molar-refractivity contribution is 5.14. The van der Waals surface area contributed by atoms with Crippen LogP contribution in [0.2, 0.25) is 0 Å². The Bertz CT molecular complexity index is 618. The number of aliphatic hydroxyl groups excluding tert-OH is 1. The lowest BCUT2D eigenvalue weighted by Gasteiger charge is -2.20. The molecule has 2 aromatic carbocycles. The van der Waals surface area contributed by atoms with E-state index in [1.807, 2.05) is 60.7 Å². The van der Waals surface area contributed by atoms with Crippen molar-refractivity contribution in [2.75, 3.05) is 13.7 Å². The summed E-state index contributed by atoms with van der Waals surface area (Å²) in [5.74, 6) is 0. The lowest BCUT2D eigenvalue weighted by Crippen LogP contribution is -2.37. The zero-order valence-electron chi connectivity index (χ0n) is 14.3. The number of methoxy groups -OCH3 is 1. The summed E-state index contributed by atoms with van der Waals surface area (Å²) in [6.07, 6.45) is -2.43. The van der Waals surface area contributed by atoms with E-state index in [0.29, 0.717) is 19.8 Å². The van der Waals surface area contributed by atoms with Gasteiger partial charge in [0.25, 0.3) is 0 Å². The Morgan fingerprint density at radius 1 is 0.920 bits per heavy atom. The van der Waals surface area contributed by atoms with E-state index in [-0.39, 0.29) is 6.10 Å². The molecule has 0 amide bonds. The highest BCUT2D eigenvalue weighted by Gasteiger charge is 2.44. The van der Waals surface area contributed by atoms with E-state index < -0.39 is 18.5 Å². The first-order chi connectivity index (χ1) is 12.3. The number of aliphatic hydroxyl groups is 1. The van der Waals surface area contributed by atoms with Crippen LogP contribution < -0.4 is 0 Å². The SMILES string of the molecule is COC1O[C@H](COCc2ccccc2)[C@@H](OCc2ccccc2)[C@@H]1O. The summed E-state index contributed by atoms with van der Waals surface area (Å²) < 4.78 is 22.6. The molecule has 1 aliphatic heterocycles. The largest absolute Gasteiger partial charge is 0.385 e. The second-order valence-electron chi connectivity index (χ2n) is 6.03. The van der Waals surface area contributed by atoms with Gasteiger partial charge in [-0.15, -0.1) is 0 Å². The maximum Gasteiger partial charge on any atom is 0.186 e. The van der Waals surface area contributed by atoms with Crippen molar-refractivity contribution in [3.8, 4) is 0 Å². The molecule has 1 fully saturated rings. The number of rotatable bonds is 8. The molecule has 3 rings (SSSR count). The standard InChI is InChI=1S/C20H24O5/c1-22-20-18(21)19(24-13-16-10-6-3-7-11-16)17(25-20)14-23-12-15-8-4-2-5-9-15/h2-11,17-21H,12-14H2,1H3/t17-,18+,19-,20?/m1/s1. The van der Waals surface area contributed by atoms with Crippen LogP contribution in [0.25, 0.3) is 0 Å². The molecule has 0 saturated carbocycles. The summed E-state index contributed by atoms with van der Waals surface area (Å²) >= 11 is 0. The molecule has 5 heteroatoms. The third-order valence-electron chi connectivity index (χ3n) is 4.20. The predicted molar refractivity (Wildman–Crippen MR) is 92.8 cm³/mol. The summed E-state index contributed by atoms with van der Waals surface area (Å²) in [7, 11) is 1.51. The van der Waals surface area contributed by atoms with Gasteiger partial charge in [0.1, 0.15) is 18.3 Å². The lowest BCUT2D eigenvalue weighted by molar-refractivity contribution is -0.156. The van der Waals surface area contributed by atoms with Crippen molar-refractivity contribution in [2.45, 2.75) is 37.8 Å². The molecule has 4 atom stereocenters. The molecule has 1 N–H and O–H groups in total. The van der Waals surface area contributed by atoms with Crippen molar-refractivity contribution in [1.82, 2.24) is 0 Å². The molecular weight excluding hydrogens is 320 g/mol. The first kappa shape index (κ1) is 18.0. The van der Waals surface area contributed by atoms with Crippen LogP contribution in [0.15, 0.2) is 60.7 Å². The molecular formula is C20H24O5. The Morgan fingerprint density at radius 3 is 2.12 bits per heavy atom. The van der Waals surface area contributed by atoms with Crippen LogP contribution in [0, 0.1) is 0 Å². The first-order valence-electron chi connectivity index (χ1n) is 8.41. The van der Waals surface area contributed by atoms with Gasteiger partial charge in [-0.3, -0.25) is 0 Å². The Morgan fingerprint density at radius 2 is 1.52 bits per heavy atom. The van der Waals surface area contributed by atoms with Crippen LogP contribution in [0.3, 0.4) is 0 Å². The fourth-order valence-corrected chi connectivity index (χ4v) is 2.87. The van der Waals surface area contributed by atoms with Gasteiger partial charge in [-0.2, -0.15) is 0 Å². The Hall–Kier alpha value is -1.76. The minimum Gasteiger partial charge on any atom is -0.385 e. The van der Waals surface area contributed by atoms with E-state index in [9.17, 15) is 5.11 Å². The number of benzene rings is 2. The van der Waals surface area contributed by atoms with Gasteiger partial charge >= 0.3 is 0 Å². The molecule has 1 aliphatic rings. The molecule has 0 aromatic heterocycles. The average Bonchev–Trinajstić information content (AvgIpc) is 2.97. The third-order valence-corrected chi connectivity index (χ3v) is 4.20. The number of hydrogen-bond acceptors (Lipinski definition) is 5. The average molecular weight is 344 g/mol. The minimum atomic E-state index is -0.848. The first-order valence-corrected chi connectivity index (χ1v) is 8.41. The van der Waals surface area contributed by atoms with Gasteiger partial charge < -0.3 is 24.1 Å². The van der Waals surface area contributed by atoms with Crippen molar-refractivity contribution < 1.29 is 24.1 Å². The smallest absolute Gasteiger partial charge is 0.186 e. The summed E-state index contributed by atoms with van der Waals surface area (Å²) in [5.41, 5.74) is 2.13. The number of hydrogen-bond donors (Lipinski definition) is 1. The van der Waals surface area contributed by atoms with Crippen LogP contribution >= 0.6 is 0 Å². The number of ether oxygens (including phenoxy) is 4. The highest BCUT2D eigenvalue weighted by atomic mass is 16.7. The molecule has 0 radical (unpaired) electrons. The monoisotopic (exact) mass is 344 g/mol. The van der Waals surface area contributed by atoms with Crippen molar-refractivity contribution in [3.63, 3.8) is 0 Å². The molecule has 2 aromatic rings. The summed E-state index contributed by atoms with van der Waals surface area (Å²) in [5, 5.41) is 10.4. The van der Waals surface area contributed by atoms with Gasteiger partial charge in [0.05, 0.1) is 19.8 Å². The maximum absolute atomic E-state index is 10.4. The van der Waals surface area contributed by atoms with E-state index >= 15 is 0 Å². The third kappa shape index (κ3) is 4.87. The van der Waals surface area contributed by atoms with Crippen molar-refractivity contribution in [3.05, 3.63) is 71.8 Å². The van der Waals surface area contributed by atoms with E-state index in [1.165, 1.54) is 7.11 Å². The van der Waals surface area contributed by atoms with E-state index in [2.05, 4.69) is 0 Å². The van der Waals surface area contributed by atoms with E-state index in [0.717, 1.165) is 11.1 Å². The Balaban J connectivity index is 1.55. The van der Waals surface area contributed by atoms with Crippen LogP contribution in [0.1, 0.15) is 11.1 Å². The minimum absolute atomic E-state index is 0.325. The van der Waals surface area contributed by atoms with Gasteiger partial charge in [0.15, 0.2) is 6.29 Å². The molecule has 5 nitrogen and oxygen atoms in total. The Kier molecular flexibility index (Phi) is 6.55. The second-order valence-corrected chi connectivity index (χ2v) is 6.03. The molecule has 0 aliphatic carbocycles. The maximum atomic E-state index is 10.4. The van der Waals surface area contributed by atoms with Gasteiger partial charge in [-0.1, -0.05) is 60.7 Å². The van der Waals surface area contributed by atoms with E-state index in [4.69, 9.17) is 18.9 Å². The Labute approximate surface area is 148 Å².